The van der Waals surface area contributed by atoms with E-state index >= 15 is 0 Å². The molecule has 0 radical (unpaired) electrons. The van der Waals surface area contributed by atoms with E-state index in [9.17, 15) is 0 Å². The molecule has 0 saturated carbocycles. The molecular weight excluding hydrogens is 182 g/mol. The Bertz CT molecular complexity index is 289. The molecule has 0 aliphatic rings. The van der Waals surface area contributed by atoms with Crippen LogP contribution in [-0.4, -0.2) is 0 Å². The van der Waals surface area contributed by atoms with Gasteiger partial charge in [0.05, 0.1) is 0 Å². The van der Waals surface area contributed by atoms with Gasteiger partial charge in [-0.05, 0) is 10.8 Å². The number of fused-ring (bicyclic) bond motifs is 1. The average molecular weight is 192 g/mol. The molecule has 2 rings (SSSR count). The Morgan fingerprint density at radius 1 is 0.667 bits per heavy atom. The van der Waals surface area contributed by atoms with Crippen LogP contribution in [0.4, 0.5) is 0 Å². The van der Waals surface area contributed by atoms with E-state index < -0.39 is 0 Å². The van der Waals surface area contributed by atoms with Gasteiger partial charge in [0.2, 0.25) is 0 Å². The Labute approximate surface area is 140 Å². The summed E-state index contributed by atoms with van der Waals surface area (Å²) in [5.74, 6) is 0. The average Bonchev–Trinajstić information content (AvgIpc) is 2.05. The first-order valence-electron chi connectivity index (χ1n) is 3.40. The molecule has 0 nitrogen and oxygen atoms in total. The van der Waals surface area contributed by atoms with E-state index in [4.69, 9.17) is 0 Å². The standard InChI is InChI=1S/C10H8.K.Na.2H/c1-2-6-10-8-4-3-7-9(10)5-1;;;;/h1-8H;;;;/q;2*+1;2*-1. The summed E-state index contributed by atoms with van der Waals surface area (Å²) >= 11 is 0. The third kappa shape index (κ3) is 3.24. The molecule has 0 N–H and O–H groups in total. The van der Waals surface area contributed by atoms with Crippen LogP contribution in [0.3, 0.4) is 0 Å². The Balaban J connectivity index is -0.000000302. The molecule has 12 heavy (non-hydrogen) atoms. The number of hydrogen-bond donors (Lipinski definition) is 0. The van der Waals surface area contributed by atoms with E-state index in [0.29, 0.717) is 0 Å². The number of benzene rings is 2. The van der Waals surface area contributed by atoms with Crippen LogP contribution in [0.5, 0.6) is 0 Å². The molecule has 2 aromatic rings. The number of hydrogen-bond acceptors (Lipinski definition) is 0. The summed E-state index contributed by atoms with van der Waals surface area (Å²) in [6.45, 7) is 0. The third-order valence-corrected chi connectivity index (χ3v) is 1.66. The van der Waals surface area contributed by atoms with Crippen LogP contribution in [0.15, 0.2) is 48.5 Å². The minimum absolute atomic E-state index is 0. The van der Waals surface area contributed by atoms with Crippen LogP contribution in [0, 0.1) is 0 Å². The van der Waals surface area contributed by atoms with E-state index in [1.807, 2.05) is 0 Å². The van der Waals surface area contributed by atoms with Crippen molar-refractivity contribution in [3.8, 4) is 0 Å². The van der Waals surface area contributed by atoms with Gasteiger partial charge in [-0.2, -0.15) is 0 Å². The molecule has 0 aliphatic heterocycles. The number of rotatable bonds is 0. The predicted molar refractivity (Wildman–Crippen MR) is 46.2 cm³/mol. The van der Waals surface area contributed by atoms with E-state index in [-0.39, 0.29) is 83.8 Å². The molecule has 52 valence electrons. The van der Waals surface area contributed by atoms with Crippen molar-refractivity contribution in [2.75, 3.05) is 0 Å². The zero-order valence-electron chi connectivity index (χ0n) is 9.62. The van der Waals surface area contributed by atoms with Gasteiger partial charge in [-0.15, -0.1) is 0 Å². The summed E-state index contributed by atoms with van der Waals surface area (Å²) in [7, 11) is 0. The van der Waals surface area contributed by atoms with E-state index in [1.165, 1.54) is 10.8 Å². The van der Waals surface area contributed by atoms with Gasteiger partial charge >= 0.3 is 80.9 Å². The third-order valence-electron chi connectivity index (χ3n) is 1.66. The summed E-state index contributed by atoms with van der Waals surface area (Å²) in [5, 5.41) is 2.62. The first-order chi connectivity index (χ1) is 4.97. The molecule has 2 aromatic carbocycles. The van der Waals surface area contributed by atoms with Gasteiger partial charge in [0.1, 0.15) is 0 Å². The molecule has 0 aliphatic carbocycles. The van der Waals surface area contributed by atoms with E-state index in [0.717, 1.165) is 0 Å². The van der Waals surface area contributed by atoms with Crippen LogP contribution in [0.25, 0.3) is 10.8 Å². The molecule has 0 spiro atoms. The van der Waals surface area contributed by atoms with Gasteiger partial charge in [0.15, 0.2) is 0 Å². The van der Waals surface area contributed by atoms with Crippen molar-refractivity contribution in [3.63, 3.8) is 0 Å². The zero-order chi connectivity index (χ0) is 6.81. The molecule has 0 bridgehead atoms. The predicted octanol–water partition coefficient (Wildman–Crippen LogP) is -2.93. The zero-order valence-corrected chi connectivity index (χ0v) is 12.7. The maximum absolute atomic E-state index is 2.12. The summed E-state index contributed by atoms with van der Waals surface area (Å²) < 4.78 is 0. The first kappa shape index (κ1) is 13.3. The topological polar surface area (TPSA) is 0 Å². The summed E-state index contributed by atoms with van der Waals surface area (Å²) in [5.41, 5.74) is 0. The van der Waals surface area contributed by atoms with Crippen molar-refractivity contribution < 1.29 is 83.8 Å². The fourth-order valence-electron chi connectivity index (χ4n) is 1.13. The molecule has 0 amide bonds. The van der Waals surface area contributed by atoms with E-state index in [2.05, 4.69) is 48.5 Å². The largest absolute Gasteiger partial charge is 1.00 e. The van der Waals surface area contributed by atoms with Crippen molar-refractivity contribution in [2.24, 2.45) is 0 Å². The Hall–Kier alpha value is 1.34. The van der Waals surface area contributed by atoms with Crippen LogP contribution in [0.2, 0.25) is 0 Å². The second-order valence-corrected chi connectivity index (χ2v) is 2.35. The van der Waals surface area contributed by atoms with Crippen molar-refractivity contribution >= 4 is 10.8 Å². The van der Waals surface area contributed by atoms with Gasteiger partial charge in [0.25, 0.3) is 0 Å². The first-order valence-corrected chi connectivity index (χ1v) is 3.40. The van der Waals surface area contributed by atoms with Crippen molar-refractivity contribution in [1.29, 1.82) is 0 Å². The molecule has 0 unspecified atom stereocenters. The van der Waals surface area contributed by atoms with Crippen LogP contribution in [0.1, 0.15) is 2.85 Å². The molecule has 0 saturated heterocycles. The summed E-state index contributed by atoms with van der Waals surface area (Å²) in [6.07, 6.45) is 0. The van der Waals surface area contributed by atoms with Crippen LogP contribution >= 0.6 is 0 Å². The second-order valence-electron chi connectivity index (χ2n) is 2.35. The Kier molecular flexibility index (Phi) is 7.49. The van der Waals surface area contributed by atoms with Crippen molar-refractivity contribution in [2.45, 2.75) is 0 Å². The minimum Gasteiger partial charge on any atom is -1.00 e. The molecule has 0 atom stereocenters. The van der Waals surface area contributed by atoms with Crippen LogP contribution in [-0.2, 0) is 0 Å². The van der Waals surface area contributed by atoms with Crippen molar-refractivity contribution in [3.05, 3.63) is 48.5 Å². The molecular formula is C10H10KNa. The fourth-order valence-corrected chi connectivity index (χ4v) is 1.13. The van der Waals surface area contributed by atoms with Crippen molar-refractivity contribution in [1.82, 2.24) is 0 Å². The molecule has 0 fully saturated rings. The van der Waals surface area contributed by atoms with Crippen LogP contribution < -0.4 is 80.9 Å². The molecule has 2 heteroatoms. The fraction of sp³-hybridized carbons (Fsp3) is 0. The quantitative estimate of drug-likeness (QED) is 0.392. The summed E-state index contributed by atoms with van der Waals surface area (Å²) in [6, 6.07) is 16.7. The SMILES string of the molecule is [H-].[H-].[K+].[Na+].c1ccc2ccccc2c1. The molecule has 0 heterocycles. The minimum atomic E-state index is 0. The normalized spacial score (nSPS) is 8.33. The Morgan fingerprint density at radius 3 is 1.17 bits per heavy atom. The van der Waals surface area contributed by atoms with Gasteiger partial charge in [-0.3, -0.25) is 0 Å². The second kappa shape index (κ2) is 6.74. The maximum atomic E-state index is 2.12. The smallest absolute Gasteiger partial charge is 1.00 e. The van der Waals surface area contributed by atoms with E-state index in [1.54, 1.807) is 0 Å². The Morgan fingerprint density at radius 2 is 0.917 bits per heavy atom. The summed E-state index contributed by atoms with van der Waals surface area (Å²) in [4.78, 5) is 0. The van der Waals surface area contributed by atoms with Gasteiger partial charge in [0, 0.05) is 0 Å². The van der Waals surface area contributed by atoms with Gasteiger partial charge in [-0.1, -0.05) is 48.5 Å². The van der Waals surface area contributed by atoms with Gasteiger partial charge < -0.3 is 2.85 Å². The molecule has 0 aromatic heterocycles. The monoisotopic (exact) mass is 192 g/mol. The van der Waals surface area contributed by atoms with Gasteiger partial charge in [-0.25, -0.2) is 0 Å². The maximum Gasteiger partial charge on any atom is 1.00 e.